The molecule has 88 heavy (non-hydrogen) atoms. The van der Waals surface area contributed by atoms with Crippen LogP contribution in [0.2, 0.25) is 0 Å². The number of esters is 1. The van der Waals surface area contributed by atoms with Crippen molar-refractivity contribution >= 4 is 11.9 Å². The van der Waals surface area contributed by atoms with E-state index in [2.05, 4.69) is 55.6 Å². The van der Waals surface area contributed by atoms with Gasteiger partial charge in [-0.05, 0) is 83.5 Å². The van der Waals surface area contributed by atoms with Crippen molar-refractivity contribution in [3.63, 3.8) is 0 Å². The average molecular weight is 1240 g/mol. The number of ether oxygens (including phenoxy) is 1. The molecule has 0 aliphatic heterocycles. The van der Waals surface area contributed by atoms with Crippen LogP contribution in [0.4, 0.5) is 0 Å². The van der Waals surface area contributed by atoms with Crippen LogP contribution < -0.4 is 5.32 Å². The van der Waals surface area contributed by atoms with Crippen LogP contribution in [-0.2, 0) is 14.3 Å². The molecular formula is C82H157NO5. The third-order valence-electron chi connectivity index (χ3n) is 18.9. The molecular weight excluding hydrogens is 1080 g/mol. The zero-order valence-electron chi connectivity index (χ0n) is 59.7. The number of hydrogen-bond acceptors (Lipinski definition) is 5. The molecule has 0 aromatic heterocycles. The maximum absolute atomic E-state index is 12.6. The van der Waals surface area contributed by atoms with Crippen molar-refractivity contribution in [3.8, 4) is 0 Å². The van der Waals surface area contributed by atoms with Crippen LogP contribution in [0.25, 0.3) is 0 Å². The highest BCUT2D eigenvalue weighted by Gasteiger charge is 2.20. The van der Waals surface area contributed by atoms with E-state index in [1.165, 1.54) is 366 Å². The summed E-state index contributed by atoms with van der Waals surface area (Å²) in [6.07, 6.45) is 101. The van der Waals surface area contributed by atoms with E-state index in [1.54, 1.807) is 0 Å². The summed E-state index contributed by atoms with van der Waals surface area (Å²) in [7, 11) is 0. The summed E-state index contributed by atoms with van der Waals surface area (Å²) in [5, 5.41) is 23.5. The van der Waals surface area contributed by atoms with Crippen LogP contribution in [0.3, 0.4) is 0 Å². The summed E-state index contributed by atoms with van der Waals surface area (Å²) in [6, 6.07) is -0.541. The molecule has 0 aromatic rings. The third kappa shape index (κ3) is 73.1. The number of allylic oxidation sites excluding steroid dienone is 6. The highest BCUT2D eigenvalue weighted by Crippen LogP contribution is 2.20. The zero-order valence-corrected chi connectivity index (χ0v) is 59.7. The van der Waals surface area contributed by atoms with Gasteiger partial charge in [-0.3, -0.25) is 9.59 Å². The molecule has 1 amide bonds. The molecule has 0 bridgehead atoms. The highest BCUT2D eigenvalue weighted by molar-refractivity contribution is 5.76. The smallest absolute Gasteiger partial charge is 0.305 e. The van der Waals surface area contributed by atoms with Crippen LogP contribution in [0.15, 0.2) is 36.5 Å². The van der Waals surface area contributed by atoms with Crippen LogP contribution in [0.5, 0.6) is 0 Å². The lowest BCUT2D eigenvalue weighted by atomic mass is 10.0. The summed E-state index contributed by atoms with van der Waals surface area (Å²) in [5.74, 6) is -0.0178. The predicted octanol–water partition coefficient (Wildman–Crippen LogP) is 26.6. The van der Waals surface area contributed by atoms with Crippen molar-refractivity contribution in [2.75, 3.05) is 13.2 Å². The van der Waals surface area contributed by atoms with Crippen molar-refractivity contribution in [1.29, 1.82) is 0 Å². The van der Waals surface area contributed by atoms with E-state index < -0.39 is 12.1 Å². The third-order valence-corrected chi connectivity index (χ3v) is 18.9. The summed E-state index contributed by atoms with van der Waals surface area (Å²) >= 11 is 0. The first kappa shape index (κ1) is 86.1. The molecule has 0 saturated heterocycles. The quantitative estimate of drug-likeness (QED) is 0.0320. The largest absolute Gasteiger partial charge is 0.466 e. The van der Waals surface area contributed by atoms with Gasteiger partial charge in [0.25, 0.3) is 0 Å². The molecule has 0 spiro atoms. The fourth-order valence-corrected chi connectivity index (χ4v) is 12.8. The maximum Gasteiger partial charge on any atom is 0.305 e. The van der Waals surface area contributed by atoms with E-state index in [0.717, 1.165) is 51.4 Å². The van der Waals surface area contributed by atoms with Crippen LogP contribution in [0.1, 0.15) is 450 Å². The van der Waals surface area contributed by atoms with Crippen molar-refractivity contribution in [2.45, 2.75) is 463 Å². The Balaban J connectivity index is 3.37. The van der Waals surface area contributed by atoms with Gasteiger partial charge in [0.15, 0.2) is 0 Å². The number of aliphatic hydroxyl groups excluding tert-OH is 2. The SMILES string of the molecule is CCCCC/C=C\CCCCCCCC(=O)OCCCCCCCCCCCCCCC/C=C\C/C=C\CCCCCCCCCCCCCCCCCCCC(=O)NC(CO)C(O)CCCCCCCCCCCCCCCCCCCCCCCC. The summed E-state index contributed by atoms with van der Waals surface area (Å²) in [5.41, 5.74) is 0. The number of carbonyl (C=O) groups excluding carboxylic acids is 2. The highest BCUT2D eigenvalue weighted by atomic mass is 16.5. The number of hydrogen-bond donors (Lipinski definition) is 3. The normalized spacial score (nSPS) is 12.6. The Hall–Kier alpha value is -1.92. The first-order chi connectivity index (χ1) is 43.5. The molecule has 0 aromatic carbocycles. The van der Waals surface area contributed by atoms with E-state index in [1.807, 2.05) is 0 Å². The van der Waals surface area contributed by atoms with E-state index in [9.17, 15) is 19.8 Å². The van der Waals surface area contributed by atoms with Crippen molar-refractivity contribution in [2.24, 2.45) is 0 Å². The second-order valence-corrected chi connectivity index (χ2v) is 27.7. The van der Waals surface area contributed by atoms with Gasteiger partial charge in [-0.25, -0.2) is 0 Å². The molecule has 520 valence electrons. The molecule has 2 unspecified atom stereocenters. The van der Waals surface area contributed by atoms with Gasteiger partial charge in [-0.1, -0.05) is 391 Å². The van der Waals surface area contributed by atoms with Crippen molar-refractivity contribution < 1.29 is 24.5 Å². The fourth-order valence-electron chi connectivity index (χ4n) is 12.8. The second kappa shape index (κ2) is 77.5. The Labute approximate surface area is 551 Å². The Morgan fingerprint density at radius 2 is 0.568 bits per heavy atom. The Morgan fingerprint density at radius 1 is 0.318 bits per heavy atom. The molecule has 6 heteroatoms. The van der Waals surface area contributed by atoms with Gasteiger partial charge in [-0.15, -0.1) is 0 Å². The first-order valence-electron chi connectivity index (χ1n) is 40.2. The van der Waals surface area contributed by atoms with Gasteiger partial charge in [0.2, 0.25) is 5.91 Å². The van der Waals surface area contributed by atoms with Gasteiger partial charge < -0.3 is 20.3 Å². The van der Waals surface area contributed by atoms with Crippen molar-refractivity contribution in [3.05, 3.63) is 36.5 Å². The van der Waals surface area contributed by atoms with E-state index >= 15 is 0 Å². The maximum atomic E-state index is 12.6. The molecule has 6 nitrogen and oxygen atoms in total. The van der Waals surface area contributed by atoms with E-state index in [0.29, 0.717) is 25.9 Å². The molecule has 2 atom stereocenters. The van der Waals surface area contributed by atoms with Crippen molar-refractivity contribution in [1.82, 2.24) is 5.32 Å². The minimum atomic E-state index is -0.664. The molecule has 0 saturated carbocycles. The lowest BCUT2D eigenvalue weighted by Crippen LogP contribution is -2.45. The minimum Gasteiger partial charge on any atom is -0.466 e. The van der Waals surface area contributed by atoms with E-state index in [4.69, 9.17) is 4.74 Å². The molecule has 3 N–H and O–H groups in total. The molecule has 0 rings (SSSR count). The van der Waals surface area contributed by atoms with Gasteiger partial charge in [-0.2, -0.15) is 0 Å². The minimum absolute atomic E-state index is 0.00920. The standard InChI is InChI=1S/C82H157NO5/c1-3-5-7-9-11-13-15-17-18-19-20-21-39-42-45-48-51-54-58-62-66-70-74-80(85)79(78-84)83-81(86)75-71-67-63-59-55-52-49-46-43-40-37-35-33-31-29-27-25-23-22-24-26-28-30-32-34-36-38-41-44-47-50-53-57-61-65-69-73-77-88-82(87)76-72-68-64-60-56-16-14-12-10-8-6-4-2/h12,14,22,24,28,30,79-80,84-85H,3-11,13,15-21,23,25-27,29,31-78H2,1-2H3,(H,83,86)/b14-12-,24-22-,30-28-. The Morgan fingerprint density at radius 3 is 0.898 bits per heavy atom. The number of unbranched alkanes of at least 4 members (excludes halogenated alkanes) is 59. The Kier molecular flexibility index (Phi) is 75.8. The number of rotatable bonds is 76. The van der Waals surface area contributed by atoms with Gasteiger partial charge in [0, 0.05) is 12.8 Å². The average Bonchev–Trinajstić information content (AvgIpc) is 3.55. The second-order valence-electron chi connectivity index (χ2n) is 27.7. The fraction of sp³-hybridized carbons (Fsp3) is 0.902. The van der Waals surface area contributed by atoms with Crippen LogP contribution in [0, 0.1) is 0 Å². The predicted molar refractivity (Wildman–Crippen MR) is 389 cm³/mol. The zero-order chi connectivity index (χ0) is 63.5. The molecule has 0 aliphatic rings. The lowest BCUT2D eigenvalue weighted by Gasteiger charge is -2.22. The lowest BCUT2D eigenvalue weighted by molar-refractivity contribution is -0.143. The monoisotopic (exact) mass is 1240 g/mol. The molecule has 0 aliphatic carbocycles. The van der Waals surface area contributed by atoms with Crippen LogP contribution in [-0.4, -0.2) is 47.4 Å². The summed E-state index contributed by atoms with van der Waals surface area (Å²) < 4.78 is 5.48. The molecule has 0 fully saturated rings. The molecule has 0 heterocycles. The van der Waals surface area contributed by atoms with Crippen LogP contribution >= 0.6 is 0 Å². The number of amides is 1. The Bertz CT molecular complexity index is 1430. The van der Waals surface area contributed by atoms with Gasteiger partial charge in [0.1, 0.15) is 0 Å². The number of aliphatic hydroxyl groups is 2. The number of nitrogens with one attached hydrogen (secondary N) is 1. The van der Waals surface area contributed by atoms with Gasteiger partial charge >= 0.3 is 5.97 Å². The first-order valence-corrected chi connectivity index (χ1v) is 40.2. The topological polar surface area (TPSA) is 95.9 Å². The van der Waals surface area contributed by atoms with E-state index in [-0.39, 0.29) is 18.5 Å². The van der Waals surface area contributed by atoms with Gasteiger partial charge in [0.05, 0.1) is 25.4 Å². The molecule has 0 radical (unpaired) electrons. The summed E-state index contributed by atoms with van der Waals surface area (Å²) in [4.78, 5) is 24.6. The summed E-state index contributed by atoms with van der Waals surface area (Å²) in [6.45, 7) is 4.97. The number of carbonyl (C=O) groups is 2.